The Morgan fingerprint density at radius 3 is 2.20 bits per heavy atom. The number of aryl methyl sites for hydroxylation is 2. The summed E-state index contributed by atoms with van der Waals surface area (Å²) in [6.07, 6.45) is -2.67. The van der Waals surface area contributed by atoms with Gasteiger partial charge in [0.1, 0.15) is 5.82 Å². The van der Waals surface area contributed by atoms with E-state index in [9.17, 15) is 18.0 Å². The molecule has 0 unspecified atom stereocenters. The monoisotopic (exact) mass is 477 g/mol. The zero-order valence-electron chi connectivity index (χ0n) is 19.0. The van der Waals surface area contributed by atoms with E-state index in [2.05, 4.69) is 20.3 Å². The molecule has 4 aromatic rings. The van der Waals surface area contributed by atoms with Gasteiger partial charge in [-0.15, -0.1) is 0 Å². The minimum absolute atomic E-state index is 0.136. The number of nitrogens with one attached hydrogen (secondary N) is 1. The van der Waals surface area contributed by atoms with Crippen LogP contribution in [0.3, 0.4) is 0 Å². The summed E-state index contributed by atoms with van der Waals surface area (Å²) in [6, 6.07) is 15.2. The van der Waals surface area contributed by atoms with Gasteiger partial charge in [-0.05, 0) is 55.8 Å². The van der Waals surface area contributed by atoms with Crippen LogP contribution in [0.25, 0.3) is 22.5 Å². The Balaban J connectivity index is 1.76. The average Bonchev–Trinajstić information content (AvgIpc) is 2.82. The summed E-state index contributed by atoms with van der Waals surface area (Å²) in [5.74, 6) is -1.21. The fraction of sp³-hybridized carbons (Fsp3) is 0.154. The first kappa shape index (κ1) is 23.9. The summed E-state index contributed by atoms with van der Waals surface area (Å²) in [7, 11) is 0. The lowest BCUT2D eigenvalue weighted by atomic mass is 10.0. The number of nitrogen functional groups attached to an aromatic ring is 1. The van der Waals surface area contributed by atoms with Crippen molar-refractivity contribution in [2.24, 2.45) is 0 Å². The summed E-state index contributed by atoms with van der Waals surface area (Å²) in [5.41, 5.74) is 9.48. The molecule has 0 spiro atoms. The Labute approximate surface area is 200 Å². The van der Waals surface area contributed by atoms with Gasteiger partial charge in [0, 0.05) is 34.6 Å². The number of benzene rings is 2. The number of halogens is 3. The Hall–Kier alpha value is -4.27. The minimum Gasteiger partial charge on any atom is -0.382 e. The van der Waals surface area contributed by atoms with E-state index < -0.39 is 18.1 Å². The first-order valence-corrected chi connectivity index (χ1v) is 10.8. The largest absolute Gasteiger partial charge is 0.382 e. The maximum Gasteiger partial charge on any atom is 0.274 e. The van der Waals surface area contributed by atoms with Crippen LogP contribution in [0, 0.1) is 19.7 Å². The molecule has 0 radical (unpaired) electrons. The van der Waals surface area contributed by atoms with Crippen LogP contribution >= 0.6 is 0 Å². The summed E-state index contributed by atoms with van der Waals surface area (Å²) in [4.78, 5) is 26.3. The number of nitrogens with two attached hydrogens (primary N) is 1. The molecule has 0 aliphatic carbocycles. The van der Waals surface area contributed by atoms with E-state index in [1.54, 1.807) is 30.3 Å². The molecule has 0 aliphatic rings. The number of carbonyl (C=O) groups is 1. The molecular formula is C26H22F3N5O. The standard InChI is InChI=1S/C26H22F3N5O/c1-14-11-18(12-15(2)32-14)22-21(16-7-9-19(27)10-8-16)34-25(30)23(33-22)26(35)31-13-17-5-3-4-6-20(17)24(28)29/h3-12,24H,13H2,1-2H3,(H2,30,34)(H,31,35). The van der Waals surface area contributed by atoms with Crippen molar-refractivity contribution >= 4 is 11.7 Å². The Morgan fingerprint density at radius 2 is 1.54 bits per heavy atom. The third-order valence-corrected chi connectivity index (χ3v) is 5.34. The second-order valence-electron chi connectivity index (χ2n) is 7.98. The molecule has 2 heterocycles. The normalized spacial score (nSPS) is 11.0. The number of hydrogen-bond donors (Lipinski definition) is 2. The van der Waals surface area contributed by atoms with Crippen molar-refractivity contribution in [3.05, 3.63) is 94.7 Å². The Morgan fingerprint density at radius 1 is 0.914 bits per heavy atom. The van der Waals surface area contributed by atoms with E-state index in [0.717, 1.165) is 11.4 Å². The van der Waals surface area contributed by atoms with Gasteiger partial charge in [-0.3, -0.25) is 9.78 Å². The van der Waals surface area contributed by atoms with Gasteiger partial charge in [0.05, 0.1) is 11.4 Å². The smallest absolute Gasteiger partial charge is 0.274 e. The van der Waals surface area contributed by atoms with Crippen molar-refractivity contribution in [3.63, 3.8) is 0 Å². The van der Waals surface area contributed by atoms with Crippen LogP contribution in [0.15, 0.2) is 60.7 Å². The highest BCUT2D eigenvalue weighted by Crippen LogP contribution is 2.32. The van der Waals surface area contributed by atoms with Crippen molar-refractivity contribution in [3.8, 4) is 22.5 Å². The molecule has 6 nitrogen and oxygen atoms in total. The zero-order valence-corrected chi connectivity index (χ0v) is 19.0. The van der Waals surface area contributed by atoms with Gasteiger partial charge >= 0.3 is 0 Å². The van der Waals surface area contributed by atoms with E-state index >= 15 is 0 Å². The van der Waals surface area contributed by atoms with Gasteiger partial charge < -0.3 is 11.1 Å². The predicted molar refractivity (Wildman–Crippen MR) is 127 cm³/mol. The molecule has 178 valence electrons. The van der Waals surface area contributed by atoms with Crippen molar-refractivity contribution in [1.29, 1.82) is 0 Å². The number of alkyl halides is 2. The summed E-state index contributed by atoms with van der Waals surface area (Å²) in [6.45, 7) is 3.52. The van der Waals surface area contributed by atoms with Crippen LogP contribution < -0.4 is 11.1 Å². The van der Waals surface area contributed by atoms with Gasteiger partial charge in [0.25, 0.3) is 12.3 Å². The zero-order chi connectivity index (χ0) is 25.1. The molecule has 1 amide bonds. The number of nitrogens with zero attached hydrogens (tertiary/aromatic N) is 3. The highest BCUT2D eigenvalue weighted by molar-refractivity contribution is 5.98. The van der Waals surface area contributed by atoms with Crippen LogP contribution in [0.5, 0.6) is 0 Å². The van der Waals surface area contributed by atoms with E-state index in [1.165, 1.54) is 30.3 Å². The Kier molecular flexibility index (Phi) is 6.77. The second kappa shape index (κ2) is 9.92. The number of aromatic nitrogens is 3. The third kappa shape index (κ3) is 5.29. The van der Waals surface area contributed by atoms with Gasteiger partial charge in [0.2, 0.25) is 0 Å². The first-order valence-electron chi connectivity index (χ1n) is 10.8. The lowest BCUT2D eigenvalue weighted by Crippen LogP contribution is -2.26. The molecule has 0 saturated heterocycles. The van der Waals surface area contributed by atoms with Gasteiger partial charge in [-0.25, -0.2) is 23.1 Å². The molecule has 0 aliphatic heterocycles. The number of carbonyl (C=O) groups excluding carboxylic acids is 1. The van der Waals surface area contributed by atoms with E-state index in [-0.39, 0.29) is 29.2 Å². The molecular weight excluding hydrogens is 455 g/mol. The van der Waals surface area contributed by atoms with Crippen LogP contribution in [0.4, 0.5) is 19.0 Å². The van der Waals surface area contributed by atoms with E-state index in [4.69, 9.17) is 5.73 Å². The van der Waals surface area contributed by atoms with Crippen LogP contribution in [-0.2, 0) is 6.54 Å². The molecule has 3 N–H and O–H groups in total. The highest BCUT2D eigenvalue weighted by Gasteiger charge is 2.21. The Bertz CT molecular complexity index is 1370. The van der Waals surface area contributed by atoms with Crippen molar-refractivity contribution in [1.82, 2.24) is 20.3 Å². The SMILES string of the molecule is Cc1cc(-c2nc(C(=O)NCc3ccccc3C(F)F)c(N)nc2-c2ccc(F)cc2)cc(C)n1. The fourth-order valence-corrected chi connectivity index (χ4v) is 3.76. The number of amides is 1. The van der Waals surface area contributed by atoms with Gasteiger partial charge in [-0.2, -0.15) is 0 Å². The quantitative estimate of drug-likeness (QED) is 0.387. The molecule has 2 aromatic heterocycles. The number of hydrogen-bond acceptors (Lipinski definition) is 5. The third-order valence-electron chi connectivity index (χ3n) is 5.34. The van der Waals surface area contributed by atoms with Gasteiger partial charge in [-0.1, -0.05) is 24.3 Å². The van der Waals surface area contributed by atoms with Crippen LogP contribution in [-0.4, -0.2) is 20.9 Å². The van der Waals surface area contributed by atoms with Crippen molar-refractivity contribution in [2.45, 2.75) is 26.8 Å². The van der Waals surface area contributed by atoms with Crippen LogP contribution in [0.2, 0.25) is 0 Å². The number of rotatable bonds is 6. The lowest BCUT2D eigenvalue weighted by Gasteiger charge is -2.14. The van der Waals surface area contributed by atoms with Gasteiger partial charge in [0.15, 0.2) is 11.5 Å². The van der Waals surface area contributed by atoms with E-state index in [1.807, 2.05) is 13.8 Å². The predicted octanol–water partition coefficient (Wildman–Crippen LogP) is 5.41. The molecule has 2 aromatic carbocycles. The van der Waals surface area contributed by atoms with Crippen LogP contribution in [0.1, 0.15) is 39.4 Å². The van der Waals surface area contributed by atoms with Crippen molar-refractivity contribution in [2.75, 3.05) is 5.73 Å². The summed E-state index contributed by atoms with van der Waals surface area (Å²) in [5, 5.41) is 2.60. The molecule has 0 saturated carbocycles. The highest BCUT2D eigenvalue weighted by atomic mass is 19.3. The lowest BCUT2D eigenvalue weighted by molar-refractivity contribution is 0.0945. The average molecular weight is 477 g/mol. The minimum atomic E-state index is -2.67. The summed E-state index contributed by atoms with van der Waals surface area (Å²) < 4.78 is 40.1. The first-order chi connectivity index (χ1) is 16.7. The molecule has 0 atom stereocenters. The molecule has 35 heavy (non-hydrogen) atoms. The fourth-order valence-electron chi connectivity index (χ4n) is 3.76. The molecule has 4 rings (SSSR count). The molecule has 0 fully saturated rings. The molecule has 0 bridgehead atoms. The maximum atomic E-state index is 13.5. The topological polar surface area (TPSA) is 93.8 Å². The van der Waals surface area contributed by atoms with Crippen molar-refractivity contribution < 1.29 is 18.0 Å². The summed E-state index contributed by atoms with van der Waals surface area (Å²) >= 11 is 0. The van der Waals surface area contributed by atoms with E-state index in [0.29, 0.717) is 22.5 Å². The number of pyridine rings is 1. The molecule has 9 heteroatoms. The second-order valence-corrected chi connectivity index (χ2v) is 7.98. The number of anilines is 1. The maximum absolute atomic E-state index is 13.5.